The van der Waals surface area contributed by atoms with Gasteiger partial charge in [0.15, 0.2) is 5.16 Å². The third-order valence-corrected chi connectivity index (χ3v) is 4.69. The summed E-state index contributed by atoms with van der Waals surface area (Å²) in [5, 5.41) is 20.0. The second kappa shape index (κ2) is 8.04. The maximum absolute atomic E-state index is 12.4. The predicted octanol–water partition coefficient (Wildman–Crippen LogP) is 3.80. The zero-order valence-corrected chi connectivity index (χ0v) is 15.5. The van der Waals surface area contributed by atoms with Crippen molar-refractivity contribution in [3.05, 3.63) is 85.1 Å². The van der Waals surface area contributed by atoms with Gasteiger partial charge in [-0.3, -0.25) is 24.7 Å². The molecule has 0 atom stereocenters. The van der Waals surface area contributed by atoms with Gasteiger partial charge in [0.25, 0.3) is 11.2 Å². The lowest BCUT2D eigenvalue weighted by molar-refractivity contribution is -0.384. The van der Waals surface area contributed by atoms with Crippen LogP contribution in [0.3, 0.4) is 0 Å². The highest BCUT2D eigenvalue weighted by Gasteiger charge is 2.17. The first-order valence-corrected chi connectivity index (χ1v) is 8.85. The number of nitrogens with one attached hydrogen (secondary N) is 1. The van der Waals surface area contributed by atoms with Crippen molar-refractivity contribution in [2.24, 2.45) is 0 Å². The van der Waals surface area contributed by atoms with Gasteiger partial charge in [-0.25, -0.2) is 4.98 Å². The topological polar surface area (TPSA) is 130 Å². The molecule has 0 aliphatic carbocycles. The average Bonchev–Trinajstić information content (AvgIpc) is 2.68. The molecule has 0 aliphatic heterocycles. The van der Waals surface area contributed by atoms with Gasteiger partial charge >= 0.3 is 0 Å². The fraction of sp³-hybridized carbons (Fsp3) is 0. The van der Waals surface area contributed by atoms with Crippen molar-refractivity contribution in [1.29, 1.82) is 5.26 Å². The predicted molar refractivity (Wildman–Crippen MR) is 103 cm³/mol. The molecule has 0 spiro atoms. The molecule has 1 heterocycles. The number of carbonyl (C=O) groups excluding carboxylic acids is 1. The van der Waals surface area contributed by atoms with Crippen LogP contribution < -0.4 is 5.56 Å². The van der Waals surface area contributed by atoms with Crippen LogP contribution in [0.2, 0.25) is 5.02 Å². The number of aromatic amines is 1. The van der Waals surface area contributed by atoms with E-state index in [4.69, 9.17) is 11.6 Å². The minimum Gasteiger partial charge on any atom is -0.300 e. The van der Waals surface area contributed by atoms with E-state index >= 15 is 0 Å². The molecule has 2 aromatic carbocycles. The summed E-state index contributed by atoms with van der Waals surface area (Å²) in [6.07, 6.45) is 0. The number of nitriles is 1. The maximum Gasteiger partial charge on any atom is 0.270 e. The molecule has 1 N–H and O–H groups in total. The van der Waals surface area contributed by atoms with Gasteiger partial charge in [0.05, 0.1) is 10.6 Å². The van der Waals surface area contributed by atoms with E-state index in [9.17, 15) is 25.0 Å². The molecule has 8 nitrogen and oxygen atoms in total. The first-order valence-electron chi connectivity index (χ1n) is 7.66. The molecular weight excluding hydrogens is 404 g/mol. The number of hydrogen-bond acceptors (Lipinski definition) is 7. The van der Waals surface area contributed by atoms with E-state index in [-0.39, 0.29) is 27.7 Å². The number of aromatic nitrogens is 2. The highest BCUT2D eigenvalue weighted by Crippen LogP contribution is 2.25. The SMILES string of the molecule is N#Cc1c(-c2ccc(Cl)cc2)nc(SC(=O)c2ccc([N+](=O)[O-])cc2)[nH]c1=O. The highest BCUT2D eigenvalue weighted by atomic mass is 35.5. The van der Waals surface area contributed by atoms with Crippen LogP contribution in [0.5, 0.6) is 0 Å². The Morgan fingerprint density at radius 3 is 2.39 bits per heavy atom. The molecule has 138 valence electrons. The number of hydrogen-bond donors (Lipinski definition) is 1. The van der Waals surface area contributed by atoms with E-state index in [2.05, 4.69) is 9.97 Å². The molecule has 10 heteroatoms. The average molecular weight is 413 g/mol. The Morgan fingerprint density at radius 1 is 1.18 bits per heavy atom. The molecule has 0 radical (unpaired) electrons. The molecule has 0 aliphatic rings. The smallest absolute Gasteiger partial charge is 0.270 e. The lowest BCUT2D eigenvalue weighted by Crippen LogP contribution is -2.15. The number of benzene rings is 2. The Labute approximate surface area is 167 Å². The van der Waals surface area contributed by atoms with Crippen LogP contribution in [-0.2, 0) is 0 Å². The fourth-order valence-electron chi connectivity index (χ4n) is 2.29. The van der Waals surface area contributed by atoms with Crippen LogP contribution in [0.1, 0.15) is 15.9 Å². The number of nitrogens with zero attached hydrogens (tertiary/aromatic N) is 3. The van der Waals surface area contributed by atoms with Gasteiger partial charge in [-0.2, -0.15) is 5.26 Å². The molecule has 0 saturated heterocycles. The van der Waals surface area contributed by atoms with E-state index < -0.39 is 15.6 Å². The molecular formula is C18H9ClN4O4S. The zero-order chi connectivity index (χ0) is 20.3. The molecule has 3 rings (SSSR count). The van der Waals surface area contributed by atoms with Crippen LogP contribution in [-0.4, -0.2) is 20.0 Å². The minimum atomic E-state index is -0.679. The van der Waals surface area contributed by atoms with Crippen molar-refractivity contribution in [3.8, 4) is 17.3 Å². The summed E-state index contributed by atoms with van der Waals surface area (Å²) in [4.78, 5) is 41.4. The van der Waals surface area contributed by atoms with Gasteiger partial charge in [-0.05, 0) is 36.0 Å². The van der Waals surface area contributed by atoms with Crippen molar-refractivity contribution in [2.75, 3.05) is 0 Å². The molecule has 3 aromatic rings. The Balaban J connectivity index is 1.95. The van der Waals surface area contributed by atoms with E-state index in [1.807, 2.05) is 6.07 Å². The lowest BCUT2D eigenvalue weighted by Gasteiger charge is -2.06. The largest absolute Gasteiger partial charge is 0.300 e. The molecule has 0 fully saturated rings. The second-order valence-electron chi connectivity index (χ2n) is 5.41. The van der Waals surface area contributed by atoms with E-state index in [1.165, 1.54) is 24.3 Å². The quantitative estimate of drug-likeness (QED) is 0.298. The van der Waals surface area contributed by atoms with Crippen molar-refractivity contribution in [3.63, 3.8) is 0 Å². The number of nitro benzene ring substituents is 1. The number of H-pyrrole nitrogens is 1. The molecule has 0 bridgehead atoms. The number of nitro groups is 1. The number of carbonyl (C=O) groups is 1. The van der Waals surface area contributed by atoms with Crippen LogP contribution in [0.25, 0.3) is 11.3 Å². The summed E-state index contributed by atoms with van der Waals surface area (Å²) < 4.78 is 0. The standard InChI is InChI=1S/C18H9ClN4O4S/c19-12-5-1-10(2-6-12)15-14(9-20)16(24)22-18(21-15)28-17(25)11-3-7-13(8-4-11)23(26)27/h1-8H,(H,21,22,24). The van der Waals surface area contributed by atoms with Crippen LogP contribution >= 0.6 is 23.4 Å². The summed E-state index contributed by atoms with van der Waals surface area (Å²) in [7, 11) is 0. The van der Waals surface area contributed by atoms with Gasteiger partial charge in [-0.1, -0.05) is 23.7 Å². The number of halogens is 1. The second-order valence-corrected chi connectivity index (χ2v) is 6.80. The molecule has 1 aromatic heterocycles. The van der Waals surface area contributed by atoms with Gasteiger partial charge in [0.1, 0.15) is 11.6 Å². The Morgan fingerprint density at radius 2 is 1.82 bits per heavy atom. The summed E-state index contributed by atoms with van der Waals surface area (Å²) in [6, 6.07) is 13.3. The van der Waals surface area contributed by atoms with Crippen LogP contribution in [0, 0.1) is 21.4 Å². The third kappa shape index (κ3) is 4.09. The van der Waals surface area contributed by atoms with Crippen LogP contribution in [0.4, 0.5) is 5.69 Å². The summed E-state index contributed by atoms with van der Waals surface area (Å²) in [5.74, 6) is 0. The first-order chi connectivity index (χ1) is 13.4. The Bertz CT molecular complexity index is 1170. The van der Waals surface area contributed by atoms with Gasteiger partial charge in [-0.15, -0.1) is 0 Å². The molecule has 28 heavy (non-hydrogen) atoms. The first kappa shape index (κ1) is 19.3. The lowest BCUT2D eigenvalue weighted by atomic mass is 10.1. The number of thioether (sulfide) groups is 1. The van der Waals surface area contributed by atoms with Crippen molar-refractivity contribution < 1.29 is 9.72 Å². The van der Waals surface area contributed by atoms with E-state index in [0.29, 0.717) is 22.3 Å². The van der Waals surface area contributed by atoms with E-state index in [1.54, 1.807) is 24.3 Å². The zero-order valence-electron chi connectivity index (χ0n) is 13.9. The number of rotatable bonds is 4. The Hall–Kier alpha value is -3.48. The third-order valence-electron chi connectivity index (χ3n) is 3.63. The normalized spacial score (nSPS) is 10.3. The maximum atomic E-state index is 12.4. The van der Waals surface area contributed by atoms with Crippen molar-refractivity contribution >= 4 is 34.2 Å². The summed E-state index contributed by atoms with van der Waals surface area (Å²) in [6.45, 7) is 0. The van der Waals surface area contributed by atoms with E-state index in [0.717, 1.165) is 0 Å². The fourth-order valence-corrected chi connectivity index (χ4v) is 3.12. The highest BCUT2D eigenvalue weighted by molar-refractivity contribution is 8.14. The molecule has 0 unspecified atom stereocenters. The van der Waals surface area contributed by atoms with Gasteiger partial charge < -0.3 is 0 Å². The van der Waals surface area contributed by atoms with Gasteiger partial charge in [0.2, 0.25) is 5.12 Å². The van der Waals surface area contributed by atoms with Crippen LogP contribution in [0.15, 0.2) is 58.5 Å². The monoisotopic (exact) mass is 412 g/mol. The number of non-ortho nitro benzene ring substituents is 1. The Kier molecular flexibility index (Phi) is 5.54. The summed E-state index contributed by atoms with van der Waals surface area (Å²) >= 11 is 6.50. The molecule has 0 amide bonds. The van der Waals surface area contributed by atoms with Crippen molar-refractivity contribution in [2.45, 2.75) is 5.16 Å². The van der Waals surface area contributed by atoms with Gasteiger partial charge in [0, 0.05) is 28.3 Å². The molecule has 0 saturated carbocycles. The minimum absolute atomic E-state index is 0.00250. The summed E-state index contributed by atoms with van der Waals surface area (Å²) in [5.41, 5.74) is -0.179. The van der Waals surface area contributed by atoms with Crippen molar-refractivity contribution in [1.82, 2.24) is 9.97 Å².